The molecule has 28 heavy (non-hydrogen) atoms. The molecule has 3 rings (SSSR count). The first-order valence-corrected chi connectivity index (χ1v) is 9.95. The maximum Gasteiger partial charge on any atom is 0.387 e. The number of thioether (sulfide) groups is 1. The maximum atomic E-state index is 12.4. The predicted octanol–water partition coefficient (Wildman–Crippen LogP) is 3.07. The van der Waals surface area contributed by atoms with Crippen molar-refractivity contribution in [3.63, 3.8) is 0 Å². The fraction of sp³-hybridized carbons (Fsp3) is 0.235. The minimum Gasteiger partial charge on any atom is -0.435 e. The van der Waals surface area contributed by atoms with Crippen LogP contribution in [0.2, 0.25) is 0 Å². The van der Waals surface area contributed by atoms with Gasteiger partial charge in [-0.15, -0.1) is 21.5 Å². The number of hydrogen-bond donors (Lipinski definition) is 1. The van der Waals surface area contributed by atoms with Gasteiger partial charge in [-0.25, -0.2) is 4.68 Å². The average molecular weight is 425 g/mol. The molecule has 1 aromatic carbocycles. The highest BCUT2D eigenvalue weighted by atomic mass is 32.2. The lowest BCUT2D eigenvalue weighted by Crippen LogP contribution is -2.28. The number of nitrogens with zero attached hydrogens (tertiary/aromatic N) is 4. The van der Waals surface area contributed by atoms with E-state index in [1.165, 1.54) is 44.8 Å². The first-order chi connectivity index (χ1) is 13.4. The molecule has 0 aliphatic heterocycles. The topological polar surface area (TPSA) is 86.3 Å². The Morgan fingerprint density at radius 3 is 2.71 bits per heavy atom. The number of alkyl halides is 2. The van der Waals surface area contributed by atoms with E-state index in [2.05, 4.69) is 14.9 Å². The van der Waals surface area contributed by atoms with E-state index in [9.17, 15) is 13.6 Å². The van der Waals surface area contributed by atoms with Crippen molar-refractivity contribution in [1.29, 1.82) is 0 Å². The molecule has 148 valence electrons. The second-order valence-corrected chi connectivity index (χ2v) is 7.60. The Labute approximate surface area is 168 Å². The van der Waals surface area contributed by atoms with Gasteiger partial charge < -0.3 is 15.5 Å². The number of carbonyl (C=O) groups is 1. The van der Waals surface area contributed by atoms with Crippen LogP contribution in [0, 0.1) is 0 Å². The van der Waals surface area contributed by atoms with Gasteiger partial charge >= 0.3 is 6.61 Å². The summed E-state index contributed by atoms with van der Waals surface area (Å²) in [4.78, 5) is 14.8. The van der Waals surface area contributed by atoms with Crippen LogP contribution in [-0.4, -0.2) is 45.1 Å². The van der Waals surface area contributed by atoms with Crippen LogP contribution >= 0.6 is 23.1 Å². The number of halogens is 2. The van der Waals surface area contributed by atoms with Gasteiger partial charge in [0.25, 0.3) is 0 Å². The van der Waals surface area contributed by atoms with Crippen LogP contribution in [0.3, 0.4) is 0 Å². The quantitative estimate of drug-likeness (QED) is 0.441. The Bertz CT molecular complexity index is 916. The molecule has 2 heterocycles. The Morgan fingerprint density at radius 1 is 1.32 bits per heavy atom. The lowest BCUT2D eigenvalue weighted by molar-refractivity contribution is -0.127. The lowest BCUT2D eigenvalue weighted by atomic mass is 10.2. The number of hydrogen-bond acceptors (Lipinski definition) is 7. The Balaban J connectivity index is 1.53. The molecule has 0 aliphatic carbocycles. The zero-order valence-electron chi connectivity index (χ0n) is 14.8. The highest BCUT2D eigenvalue weighted by Crippen LogP contribution is 2.25. The van der Waals surface area contributed by atoms with Crippen LogP contribution in [0.5, 0.6) is 5.75 Å². The molecule has 0 fully saturated rings. The number of rotatable bonds is 8. The Kier molecular flexibility index (Phi) is 6.47. The summed E-state index contributed by atoms with van der Waals surface area (Å²) in [5.74, 6) is 6.65. The second-order valence-electron chi connectivity index (χ2n) is 5.71. The van der Waals surface area contributed by atoms with Crippen molar-refractivity contribution < 1.29 is 18.3 Å². The largest absolute Gasteiger partial charge is 0.435 e. The van der Waals surface area contributed by atoms with E-state index in [0.717, 1.165) is 10.4 Å². The number of amides is 1. The molecule has 1 amide bonds. The lowest BCUT2D eigenvalue weighted by Gasteiger charge is -2.17. The van der Waals surface area contributed by atoms with E-state index >= 15 is 0 Å². The summed E-state index contributed by atoms with van der Waals surface area (Å²) in [6.45, 7) is -2.53. The van der Waals surface area contributed by atoms with E-state index in [4.69, 9.17) is 5.84 Å². The van der Waals surface area contributed by atoms with E-state index in [0.29, 0.717) is 17.5 Å². The minimum absolute atomic E-state index is 0.0760. The van der Waals surface area contributed by atoms with E-state index in [1.54, 1.807) is 19.2 Å². The standard InChI is InChI=1S/C17H17F2N5O2S2/c1-23(9-11-4-6-12(7-5-11)26-16(18)19)14(25)10-28-17-22-21-15(24(17)20)13-3-2-8-27-13/h2-8,16H,9-10,20H2,1H3. The van der Waals surface area contributed by atoms with Crippen molar-refractivity contribution >= 4 is 29.0 Å². The van der Waals surface area contributed by atoms with Crippen LogP contribution in [0.4, 0.5) is 8.78 Å². The summed E-state index contributed by atoms with van der Waals surface area (Å²) < 4.78 is 30.0. The first kappa shape index (κ1) is 20.1. The van der Waals surface area contributed by atoms with Crippen LogP contribution < -0.4 is 10.6 Å². The van der Waals surface area contributed by atoms with Crippen molar-refractivity contribution in [2.45, 2.75) is 18.3 Å². The van der Waals surface area contributed by atoms with Crippen molar-refractivity contribution in [3.05, 3.63) is 47.3 Å². The highest BCUT2D eigenvalue weighted by Gasteiger charge is 2.16. The van der Waals surface area contributed by atoms with Gasteiger partial charge in [0.1, 0.15) is 5.75 Å². The summed E-state index contributed by atoms with van der Waals surface area (Å²) in [6, 6.07) is 9.95. The van der Waals surface area contributed by atoms with Crippen LogP contribution in [-0.2, 0) is 11.3 Å². The molecule has 0 bridgehead atoms. The third-order valence-corrected chi connectivity index (χ3v) is 5.52. The van der Waals surface area contributed by atoms with E-state index in [-0.39, 0.29) is 17.4 Å². The zero-order chi connectivity index (χ0) is 20.1. The van der Waals surface area contributed by atoms with E-state index in [1.807, 2.05) is 17.5 Å². The Morgan fingerprint density at radius 2 is 2.07 bits per heavy atom. The molecule has 0 atom stereocenters. The van der Waals surface area contributed by atoms with Gasteiger partial charge in [0, 0.05) is 13.6 Å². The fourth-order valence-corrected chi connectivity index (χ4v) is 3.83. The number of nitrogens with two attached hydrogens (primary N) is 1. The summed E-state index contributed by atoms with van der Waals surface area (Å²) in [5.41, 5.74) is 0.796. The molecule has 0 unspecified atom stereocenters. The van der Waals surface area contributed by atoms with Gasteiger partial charge in [-0.1, -0.05) is 30.0 Å². The molecular weight excluding hydrogens is 408 g/mol. The monoisotopic (exact) mass is 425 g/mol. The van der Waals surface area contributed by atoms with Crippen LogP contribution in [0.1, 0.15) is 5.56 Å². The van der Waals surface area contributed by atoms with Gasteiger partial charge in [0.15, 0.2) is 5.82 Å². The number of carbonyl (C=O) groups excluding carboxylic acids is 1. The van der Waals surface area contributed by atoms with Crippen molar-refractivity contribution in [2.24, 2.45) is 0 Å². The SMILES string of the molecule is CN(Cc1ccc(OC(F)F)cc1)C(=O)CSc1nnc(-c2cccs2)n1N. The number of aromatic nitrogens is 3. The number of nitrogen functional groups attached to an aromatic ring is 1. The molecule has 7 nitrogen and oxygen atoms in total. The van der Waals surface area contributed by atoms with Crippen LogP contribution in [0.25, 0.3) is 10.7 Å². The van der Waals surface area contributed by atoms with Gasteiger partial charge in [0.05, 0.1) is 10.6 Å². The van der Waals surface area contributed by atoms with Gasteiger partial charge in [0.2, 0.25) is 11.1 Å². The number of ether oxygens (including phenoxy) is 1. The third kappa shape index (κ3) is 4.98. The minimum atomic E-state index is -2.86. The third-order valence-electron chi connectivity index (χ3n) is 3.72. The smallest absolute Gasteiger partial charge is 0.387 e. The molecule has 0 aliphatic rings. The molecular formula is C17H17F2N5O2S2. The number of benzene rings is 1. The second kappa shape index (κ2) is 9.02. The molecule has 0 saturated heterocycles. The van der Waals surface area contributed by atoms with Gasteiger partial charge in [-0.3, -0.25) is 4.79 Å². The molecule has 0 radical (unpaired) electrons. The molecule has 0 spiro atoms. The number of thiophene rings is 1. The summed E-state index contributed by atoms with van der Waals surface area (Å²) >= 11 is 2.70. The summed E-state index contributed by atoms with van der Waals surface area (Å²) in [5, 5.41) is 10.5. The zero-order valence-corrected chi connectivity index (χ0v) is 16.4. The maximum absolute atomic E-state index is 12.4. The fourth-order valence-electron chi connectivity index (χ4n) is 2.32. The average Bonchev–Trinajstić information content (AvgIpc) is 3.30. The predicted molar refractivity (Wildman–Crippen MR) is 104 cm³/mol. The summed E-state index contributed by atoms with van der Waals surface area (Å²) in [7, 11) is 1.66. The molecule has 11 heteroatoms. The molecule has 0 saturated carbocycles. The first-order valence-electron chi connectivity index (χ1n) is 8.09. The Hall–Kier alpha value is -2.66. The van der Waals surface area contributed by atoms with Crippen molar-refractivity contribution in [2.75, 3.05) is 18.6 Å². The highest BCUT2D eigenvalue weighted by molar-refractivity contribution is 7.99. The van der Waals surface area contributed by atoms with Gasteiger partial charge in [-0.05, 0) is 29.1 Å². The molecule has 2 aromatic heterocycles. The summed E-state index contributed by atoms with van der Waals surface area (Å²) in [6.07, 6.45) is 0. The van der Waals surface area contributed by atoms with Crippen molar-refractivity contribution in [1.82, 2.24) is 19.8 Å². The van der Waals surface area contributed by atoms with Crippen molar-refractivity contribution in [3.8, 4) is 16.5 Å². The normalized spacial score (nSPS) is 11.0. The molecule has 3 aromatic rings. The molecule has 2 N–H and O–H groups in total. The van der Waals surface area contributed by atoms with E-state index < -0.39 is 6.61 Å². The van der Waals surface area contributed by atoms with Crippen LogP contribution in [0.15, 0.2) is 46.9 Å². The van der Waals surface area contributed by atoms with Gasteiger partial charge in [-0.2, -0.15) is 8.78 Å².